The Hall–Kier alpha value is -2.19. The summed E-state index contributed by atoms with van der Waals surface area (Å²) in [7, 11) is 0. The van der Waals surface area contributed by atoms with E-state index in [4.69, 9.17) is 0 Å². The molecule has 8 heteroatoms. The van der Waals surface area contributed by atoms with Crippen LogP contribution in [0.4, 0.5) is 5.13 Å². The van der Waals surface area contributed by atoms with Crippen molar-refractivity contribution in [2.24, 2.45) is 0 Å². The highest BCUT2D eigenvalue weighted by atomic mass is 32.2. The number of H-pyrrole nitrogens is 1. The summed E-state index contributed by atoms with van der Waals surface area (Å²) >= 11 is 2.64. The topological polar surface area (TPSA) is 87.7 Å². The molecule has 0 saturated carbocycles. The van der Waals surface area contributed by atoms with Gasteiger partial charge in [-0.25, -0.2) is 9.97 Å². The number of hydrogen-bond acceptors (Lipinski definition) is 6. The molecule has 2 aromatic heterocycles. The Morgan fingerprint density at radius 2 is 2.17 bits per heavy atom. The number of nitrogens with zero attached hydrogens (tertiary/aromatic N) is 2. The molecule has 124 valence electrons. The molecule has 0 aliphatic rings. The van der Waals surface area contributed by atoms with Crippen molar-refractivity contribution >= 4 is 44.4 Å². The molecule has 0 spiro atoms. The number of aromatic nitrogens is 3. The van der Waals surface area contributed by atoms with Crippen LogP contribution in [0.1, 0.15) is 18.2 Å². The number of thioether (sulfide) groups is 1. The second kappa shape index (κ2) is 7.14. The molecule has 2 heterocycles. The fourth-order valence-corrected chi connectivity index (χ4v) is 3.78. The lowest BCUT2D eigenvalue weighted by molar-refractivity contribution is -0.113. The maximum absolute atomic E-state index is 12.1. The Morgan fingerprint density at radius 3 is 2.96 bits per heavy atom. The van der Waals surface area contributed by atoms with Crippen LogP contribution < -0.4 is 10.9 Å². The van der Waals surface area contributed by atoms with Gasteiger partial charge in [0, 0.05) is 11.8 Å². The molecule has 0 fully saturated rings. The first-order valence-corrected chi connectivity index (χ1v) is 9.24. The van der Waals surface area contributed by atoms with Gasteiger partial charge >= 0.3 is 0 Å². The second-order valence-electron chi connectivity index (χ2n) is 5.22. The van der Waals surface area contributed by atoms with Crippen molar-refractivity contribution in [3.63, 3.8) is 0 Å². The average molecular weight is 360 g/mol. The van der Waals surface area contributed by atoms with Crippen LogP contribution in [0.2, 0.25) is 0 Å². The van der Waals surface area contributed by atoms with Crippen molar-refractivity contribution in [3.05, 3.63) is 45.9 Å². The Morgan fingerprint density at radius 1 is 1.33 bits per heavy atom. The fraction of sp³-hybridized carbons (Fsp3) is 0.250. The SMILES string of the molecule is CCc1cc(=O)[nH]c(SCC(=O)Nc2nc3ccc(C)cc3s2)n1. The number of rotatable bonds is 5. The van der Waals surface area contributed by atoms with Crippen molar-refractivity contribution in [3.8, 4) is 0 Å². The lowest BCUT2D eigenvalue weighted by Crippen LogP contribution is -2.15. The summed E-state index contributed by atoms with van der Waals surface area (Å²) in [5.74, 6) is -0.0225. The highest BCUT2D eigenvalue weighted by molar-refractivity contribution is 7.99. The summed E-state index contributed by atoms with van der Waals surface area (Å²) in [6, 6.07) is 7.44. The number of carbonyl (C=O) groups is 1. The van der Waals surface area contributed by atoms with Crippen molar-refractivity contribution in [1.82, 2.24) is 15.0 Å². The molecule has 1 aromatic carbocycles. The number of benzene rings is 1. The van der Waals surface area contributed by atoms with Crippen molar-refractivity contribution in [2.75, 3.05) is 11.1 Å². The first-order valence-electron chi connectivity index (χ1n) is 7.43. The molecule has 0 unspecified atom stereocenters. The fourth-order valence-electron chi connectivity index (χ4n) is 2.11. The van der Waals surface area contributed by atoms with Gasteiger partial charge in [0.2, 0.25) is 5.91 Å². The van der Waals surface area contributed by atoms with E-state index in [1.54, 1.807) is 0 Å². The standard InChI is InChI=1S/C16H16N4O2S2/c1-3-10-7-13(21)19-15(17-10)23-8-14(22)20-16-18-11-5-4-9(2)6-12(11)24-16/h4-7H,3,8H2,1-2H3,(H,17,19,21)(H,18,20,22). The molecule has 0 saturated heterocycles. The van der Waals surface area contributed by atoms with Gasteiger partial charge < -0.3 is 10.3 Å². The molecule has 0 aliphatic heterocycles. The number of amides is 1. The zero-order chi connectivity index (χ0) is 17.1. The highest BCUT2D eigenvalue weighted by Gasteiger charge is 2.10. The monoisotopic (exact) mass is 360 g/mol. The second-order valence-corrected chi connectivity index (χ2v) is 7.22. The van der Waals surface area contributed by atoms with Crippen LogP contribution in [0.5, 0.6) is 0 Å². The number of anilines is 1. The predicted molar refractivity (Wildman–Crippen MR) is 97.9 cm³/mol. The first kappa shape index (κ1) is 16.7. The van der Waals surface area contributed by atoms with Crippen LogP contribution in [-0.2, 0) is 11.2 Å². The van der Waals surface area contributed by atoms with Crippen molar-refractivity contribution in [2.45, 2.75) is 25.4 Å². The van der Waals surface area contributed by atoms with Crippen LogP contribution in [-0.4, -0.2) is 26.6 Å². The van der Waals surface area contributed by atoms with Gasteiger partial charge in [-0.05, 0) is 31.0 Å². The van der Waals surface area contributed by atoms with Crippen LogP contribution >= 0.6 is 23.1 Å². The molecule has 1 amide bonds. The minimum atomic E-state index is -0.202. The van der Waals surface area contributed by atoms with E-state index >= 15 is 0 Å². The third-order valence-electron chi connectivity index (χ3n) is 3.27. The Kier molecular flexibility index (Phi) is 4.96. The van der Waals surface area contributed by atoms with E-state index in [0.717, 1.165) is 15.8 Å². The van der Waals surface area contributed by atoms with Gasteiger partial charge in [-0.3, -0.25) is 9.59 Å². The Labute approximate surface area is 146 Å². The zero-order valence-corrected chi connectivity index (χ0v) is 14.9. The maximum Gasteiger partial charge on any atom is 0.251 e. The van der Waals surface area contributed by atoms with Crippen molar-refractivity contribution < 1.29 is 4.79 Å². The molecule has 3 aromatic rings. The lowest BCUT2D eigenvalue weighted by atomic mass is 10.2. The van der Waals surface area contributed by atoms with E-state index in [0.29, 0.717) is 22.4 Å². The van der Waals surface area contributed by atoms with E-state index in [1.807, 2.05) is 32.0 Å². The number of thiazole rings is 1. The molecular formula is C16H16N4O2S2. The lowest BCUT2D eigenvalue weighted by Gasteiger charge is -2.03. The van der Waals surface area contributed by atoms with Crippen LogP contribution in [0.3, 0.4) is 0 Å². The molecule has 0 radical (unpaired) electrons. The number of hydrogen-bond donors (Lipinski definition) is 2. The molecule has 24 heavy (non-hydrogen) atoms. The summed E-state index contributed by atoms with van der Waals surface area (Å²) in [6.07, 6.45) is 0.675. The third-order valence-corrected chi connectivity index (χ3v) is 5.07. The smallest absolute Gasteiger partial charge is 0.251 e. The van der Waals surface area contributed by atoms with E-state index in [9.17, 15) is 9.59 Å². The molecule has 0 atom stereocenters. The number of fused-ring (bicyclic) bond motifs is 1. The minimum absolute atomic E-state index is 0.158. The average Bonchev–Trinajstić information content (AvgIpc) is 2.93. The quantitative estimate of drug-likeness (QED) is 0.539. The molecule has 2 N–H and O–H groups in total. The minimum Gasteiger partial charge on any atom is -0.301 e. The summed E-state index contributed by atoms with van der Waals surface area (Å²) in [4.78, 5) is 34.9. The van der Waals surface area contributed by atoms with Crippen molar-refractivity contribution in [1.29, 1.82) is 0 Å². The summed E-state index contributed by atoms with van der Waals surface area (Å²) in [5.41, 5.74) is 2.54. The Balaban J connectivity index is 1.64. The number of carbonyl (C=O) groups excluding carboxylic acids is 1. The van der Waals surface area contributed by atoms with Gasteiger partial charge in [0.25, 0.3) is 5.56 Å². The normalized spacial score (nSPS) is 10.9. The predicted octanol–water partition coefficient (Wildman–Crippen LogP) is 2.98. The van der Waals surface area contributed by atoms with Crippen LogP contribution in [0.25, 0.3) is 10.2 Å². The number of aromatic amines is 1. The zero-order valence-electron chi connectivity index (χ0n) is 13.3. The van der Waals surface area contributed by atoms with Gasteiger partial charge in [0.05, 0.1) is 16.0 Å². The molecule has 0 bridgehead atoms. The summed E-state index contributed by atoms with van der Waals surface area (Å²) < 4.78 is 1.04. The van der Waals surface area contributed by atoms with Gasteiger partial charge in [-0.15, -0.1) is 0 Å². The largest absolute Gasteiger partial charge is 0.301 e. The summed E-state index contributed by atoms with van der Waals surface area (Å²) in [5, 5.41) is 3.82. The third kappa shape index (κ3) is 4.01. The van der Waals surface area contributed by atoms with Gasteiger partial charge in [-0.2, -0.15) is 0 Å². The molecule has 6 nitrogen and oxygen atoms in total. The van der Waals surface area contributed by atoms with E-state index in [1.165, 1.54) is 29.2 Å². The molecular weight excluding hydrogens is 344 g/mol. The number of aryl methyl sites for hydroxylation is 2. The van der Waals surface area contributed by atoms with Crippen LogP contribution in [0, 0.1) is 6.92 Å². The van der Waals surface area contributed by atoms with Gasteiger partial charge in [-0.1, -0.05) is 36.1 Å². The highest BCUT2D eigenvalue weighted by Crippen LogP contribution is 2.26. The van der Waals surface area contributed by atoms with E-state index in [2.05, 4.69) is 20.3 Å². The first-order chi connectivity index (χ1) is 11.5. The van der Waals surface area contributed by atoms with E-state index < -0.39 is 0 Å². The summed E-state index contributed by atoms with van der Waals surface area (Å²) in [6.45, 7) is 3.95. The Bertz CT molecular complexity index is 949. The van der Waals surface area contributed by atoms with Crippen LogP contribution in [0.15, 0.2) is 34.2 Å². The van der Waals surface area contributed by atoms with Gasteiger partial charge in [0.1, 0.15) is 0 Å². The number of nitrogens with one attached hydrogen (secondary N) is 2. The van der Waals surface area contributed by atoms with Gasteiger partial charge in [0.15, 0.2) is 10.3 Å². The maximum atomic E-state index is 12.1. The van der Waals surface area contributed by atoms with E-state index in [-0.39, 0.29) is 17.2 Å². The molecule has 0 aliphatic carbocycles. The molecule has 3 rings (SSSR count).